The monoisotopic (exact) mass is 392 g/mol. The van der Waals surface area contributed by atoms with Crippen molar-refractivity contribution >= 4 is 27.4 Å². The van der Waals surface area contributed by atoms with Gasteiger partial charge in [-0.3, -0.25) is 0 Å². The Morgan fingerprint density at radius 1 is 1.12 bits per heavy atom. The standard InChI is InChI=1S/C16H17BrN4O3/c1-22-11-6-10(7-12(23-2)14(11)24-3)8-19-15-16-18-4-5-21(16)9-13(17)20-15/h4-7,9H,8H2,1-3H3,(H,19,20). The number of rotatable bonds is 6. The Balaban J connectivity index is 1.89. The summed E-state index contributed by atoms with van der Waals surface area (Å²) >= 11 is 3.40. The molecule has 3 rings (SSSR count). The second-order valence-corrected chi connectivity index (χ2v) is 5.77. The number of anilines is 1. The molecule has 2 heterocycles. The van der Waals surface area contributed by atoms with Gasteiger partial charge in [0.25, 0.3) is 0 Å². The number of aromatic nitrogens is 3. The van der Waals surface area contributed by atoms with Gasteiger partial charge in [-0.25, -0.2) is 9.97 Å². The van der Waals surface area contributed by atoms with Gasteiger partial charge in [0.2, 0.25) is 5.75 Å². The molecule has 3 aromatic rings. The summed E-state index contributed by atoms with van der Waals surface area (Å²) in [5.74, 6) is 2.48. The Morgan fingerprint density at radius 2 is 1.83 bits per heavy atom. The van der Waals surface area contributed by atoms with Gasteiger partial charge >= 0.3 is 0 Å². The Hall–Kier alpha value is -2.48. The summed E-state index contributed by atoms with van der Waals surface area (Å²) in [7, 11) is 4.77. The van der Waals surface area contributed by atoms with Crippen LogP contribution >= 0.6 is 15.9 Å². The lowest BCUT2D eigenvalue weighted by atomic mass is 10.2. The minimum Gasteiger partial charge on any atom is -0.493 e. The normalized spacial score (nSPS) is 10.7. The number of hydrogen-bond donors (Lipinski definition) is 1. The lowest BCUT2D eigenvalue weighted by Crippen LogP contribution is -2.05. The minimum absolute atomic E-state index is 0.530. The van der Waals surface area contributed by atoms with E-state index >= 15 is 0 Å². The number of hydrogen-bond acceptors (Lipinski definition) is 6. The van der Waals surface area contributed by atoms with Gasteiger partial charge in [0.1, 0.15) is 4.60 Å². The summed E-state index contributed by atoms with van der Waals surface area (Å²) in [5.41, 5.74) is 1.72. The first kappa shape index (κ1) is 16.4. The number of imidazole rings is 1. The van der Waals surface area contributed by atoms with E-state index < -0.39 is 0 Å². The van der Waals surface area contributed by atoms with Crippen LogP contribution in [-0.2, 0) is 6.54 Å². The molecule has 2 aromatic heterocycles. The predicted molar refractivity (Wildman–Crippen MR) is 94.1 cm³/mol. The van der Waals surface area contributed by atoms with Crippen LogP contribution in [0, 0.1) is 0 Å². The molecule has 0 unspecified atom stereocenters. The quantitative estimate of drug-likeness (QED) is 0.694. The lowest BCUT2D eigenvalue weighted by molar-refractivity contribution is 0.324. The predicted octanol–water partition coefficient (Wildman–Crippen LogP) is 3.13. The summed E-state index contributed by atoms with van der Waals surface area (Å²) in [6.45, 7) is 0.530. The van der Waals surface area contributed by atoms with Crippen LogP contribution in [0.3, 0.4) is 0 Å². The second-order valence-electron chi connectivity index (χ2n) is 4.96. The van der Waals surface area contributed by atoms with E-state index in [-0.39, 0.29) is 0 Å². The smallest absolute Gasteiger partial charge is 0.203 e. The number of ether oxygens (including phenoxy) is 3. The molecule has 0 aliphatic rings. The zero-order chi connectivity index (χ0) is 17.1. The average Bonchev–Trinajstić information content (AvgIpc) is 3.06. The van der Waals surface area contributed by atoms with Crippen molar-refractivity contribution in [3.8, 4) is 17.2 Å². The van der Waals surface area contributed by atoms with Crippen LogP contribution in [0.1, 0.15) is 5.56 Å². The molecular weight excluding hydrogens is 376 g/mol. The summed E-state index contributed by atoms with van der Waals surface area (Å²) < 4.78 is 18.7. The molecule has 126 valence electrons. The number of nitrogens with zero attached hydrogens (tertiary/aromatic N) is 3. The zero-order valence-corrected chi connectivity index (χ0v) is 15.1. The van der Waals surface area contributed by atoms with E-state index in [4.69, 9.17) is 14.2 Å². The third-order valence-electron chi connectivity index (χ3n) is 3.53. The van der Waals surface area contributed by atoms with E-state index in [0.29, 0.717) is 29.6 Å². The third-order valence-corrected chi connectivity index (χ3v) is 3.91. The van der Waals surface area contributed by atoms with Crippen molar-refractivity contribution in [1.29, 1.82) is 0 Å². The van der Waals surface area contributed by atoms with E-state index in [9.17, 15) is 0 Å². The maximum atomic E-state index is 5.38. The fourth-order valence-electron chi connectivity index (χ4n) is 2.44. The zero-order valence-electron chi connectivity index (χ0n) is 13.5. The van der Waals surface area contributed by atoms with Gasteiger partial charge in [-0.15, -0.1) is 0 Å². The Labute approximate surface area is 147 Å². The number of fused-ring (bicyclic) bond motifs is 1. The molecule has 0 aliphatic heterocycles. The molecule has 1 aromatic carbocycles. The first-order valence-electron chi connectivity index (χ1n) is 7.18. The number of methoxy groups -OCH3 is 3. The van der Waals surface area contributed by atoms with E-state index in [1.165, 1.54) is 0 Å². The fourth-order valence-corrected chi connectivity index (χ4v) is 2.84. The highest BCUT2D eigenvalue weighted by atomic mass is 79.9. The van der Waals surface area contributed by atoms with Gasteiger partial charge < -0.3 is 23.9 Å². The Morgan fingerprint density at radius 3 is 2.46 bits per heavy atom. The highest BCUT2D eigenvalue weighted by Gasteiger charge is 2.14. The molecule has 8 heteroatoms. The largest absolute Gasteiger partial charge is 0.493 e. The lowest BCUT2D eigenvalue weighted by Gasteiger charge is -2.14. The van der Waals surface area contributed by atoms with Gasteiger partial charge in [0.15, 0.2) is 23.0 Å². The van der Waals surface area contributed by atoms with Crippen LogP contribution < -0.4 is 19.5 Å². The molecule has 0 atom stereocenters. The summed E-state index contributed by atoms with van der Waals surface area (Å²) in [6, 6.07) is 3.80. The van der Waals surface area contributed by atoms with Crippen molar-refractivity contribution < 1.29 is 14.2 Å². The van der Waals surface area contributed by atoms with Crippen molar-refractivity contribution in [1.82, 2.24) is 14.4 Å². The maximum Gasteiger partial charge on any atom is 0.203 e. The van der Waals surface area contributed by atoms with Crippen molar-refractivity contribution in [2.75, 3.05) is 26.6 Å². The molecule has 0 spiro atoms. The van der Waals surface area contributed by atoms with E-state index in [0.717, 1.165) is 15.8 Å². The number of benzene rings is 1. The van der Waals surface area contributed by atoms with Gasteiger partial charge in [0, 0.05) is 25.1 Å². The Kier molecular flexibility index (Phi) is 4.75. The van der Waals surface area contributed by atoms with Crippen molar-refractivity contribution in [2.24, 2.45) is 0 Å². The van der Waals surface area contributed by atoms with Crippen LogP contribution in [0.5, 0.6) is 17.2 Å². The molecule has 0 radical (unpaired) electrons. The molecule has 24 heavy (non-hydrogen) atoms. The van der Waals surface area contributed by atoms with Crippen molar-refractivity contribution in [3.63, 3.8) is 0 Å². The summed E-state index contributed by atoms with van der Waals surface area (Å²) in [4.78, 5) is 8.76. The van der Waals surface area contributed by atoms with Crippen molar-refractivity contribution in [3.05, 3.63) is 40.9 Å². The second kappa shape index (κ2) is 6.96. The minimum atomic E-state index is 0.530. The molecular formula is C16H17BrN4O3. The summed E-state index contributed by atoms with van der Waals surface area (Å²) in [6.07, 6.45) is 5.45. The van der Waals surface area contributed by atoms with E-state index in [2.05, 4.69) is 31.2 Å². The van der Waals surface area contributed by atoms with E-state index in [1.807, 2.05) is 28.9 Å². The topological polar surface area (TPSA) is 69.9 Å². The van der Waals surface area contributed by atoms with Crippen LogP contribution in [-0.4, -0.2) is 35.7 Å². The average molecular weight is 393 g/mol. The van der Waals surface area contributed by atoms with Crippen LogP contribution in [0.4, 0.5) is 5.82 Å². The van der Waals surface area contributed by atoms with Crippen LogP contribution in [0.25, 0.3) is 5.65 Å². The Bertz CT molecular complexity index is 841. The first-order valence-corrected chi connectivity index (χ1v) is 7.97. The molecule has 0 bridgehead atoms. The number of nitrogens with one attached hydrogen (secondary N) is 1. The third kappa shape index (κ3) is 3.09. The molecule has 0 amide bonds. The van der Waals surface area contributed by atoms with Gasteiger partial charge in [-0.2, -0.15) is 0 Å². The first-order chi connectivity index (χ1) is 11.7. The molecule has 0 saturated heterocycles. The van der Waals surface area contributed by atoms with Crippen LogP contribution in [0.15, 0.2) is 35.3 Å². The highest BCUT2D eigenvalue weighted by molar-refractivity contribution is 9.10. The van der Waals surface area contributed by atoms with Gasteiger partial charge in [0.05, 0.1) is 21.3 Å². The molecule has 0 fully saturated rings. The molecule has 1 N–H and O–H groups in total. The fraction of sp³-hybridized carbons (Fsp3) is 0.250. The van der Waals surface area contributed by atoms with Gasteiger partial charge in [-0.05, 0) is 33.6 Å². The summed E-state index contributed by atoms with van der Waals surface area (Å²) in [5, 5.41) is 3.29. The van der Waals surface area contributed by atoms with Crippen molar-refractivity contribution in [2.45, 2.75) is 6.54 Å². The molecule has 0 saturated carbocycles. The highest BCUT2D eigenvalue weighted by Crippen LogP contribution is 2.38. The maximum absolute atomic E-state index is 5.38. The molecule has 0 aliphatic carbocycles. The molecule has 7 nitrogen and oxygen atoms in total. The number of halogens is 1. The van der Waals surface area contributed by atoms with E-state index in [1.54, 1.807) is 27.5 Å². The van der Waals surface area contributed by atoms with Crippen LogP contribution in [0.2, 0.25) is 0 Å². The van der Waals surface area contributed by atoms with Gasteiger partial charge in [-0.1, -0.05) is 0 Å². The SMILES string of the molecule is COc1cc(CNc2nc(Br)cn3ccnc23)cc(OC)c1OC.